The van der Waals surface area contributed by atoms with Crippen LogP contribution in [0.4, 0.5) is 10.1 Å². The summed E-state index contributed by atoms with van der Waals surface area (Å²) in [7, 11) is 1.66. The highest BCUT2D eigenvalue weighted by molar-refractivity contribution is 6.33. The van der Waals surface area contributed by atoms with E-state index in [2.05, 4.69) is 15.3 Å². The molecular formula is C23H20ClFN4O2. The summed E-state index contributed by atoms with van der Waals surface area (Å²) >= 11 is 6.03. The highest BCUT2D eigenvalue weighted by Gasteiger charge is 2.24. The predicted molar refractivity (Wildman–Crippen MR) is 117 cm³/mol. The Morgan fingerprint density at radius 2 is 2.06 bits per heavy atom. The SMILES string of the molecule is Cc1c(CNC(=O)c2ncccc2Cl)cncc1-c1cc2c(cc1F)N(C)C(=O)CC2. The van der Waals surface area contributed by atoms with E-state index in [1.165, 1.54) is 17.2 Å². The van der Waals surface area contributed by atoms with E-state index in [4.69, 9.17) is 11.6 Å². The van der Waals surface area contributed by atoms with Crippen LogP contribution in [0.15, 0.2) is 42.9 Å². The summed E-state index contributed by atoms with van der Waals surface area (Å²) in [4.78, 5) is 34.1. The van der Waals surface area contributed by atoms with Gasteiger partial charge in [-0.05, 0) is 54.3 Å². The molecule has 0 saturated heterocycles. The third kappa shape index (κ3) is 4.01. The van der Waals surface area contributed by atoms with Gasteiger partial charge in [0.15, 0.2) is 0 Å². The molecule has 0 aliphatic carbocycles. The zero-order chi connectivity index (χ0) is 22.1. The summed E-state index contributed by atoms with van der Waals surface area (Å²) in [5.41, 5.74) is 4.28. The number of fused-ring (bicyclic) bond motifs is 1. The van der Waals surface area contributed by atoms with E-state index in [0.29, 0.717) is 29.7 Å². The van der Waals surface area contributed by atoms with Crippen molar-refractivity contribution in [2.75, 3.05) is 11.9 Å². The molecule has 1 aromatic carbocycles. The van der Waals surface area contributed by atoms with Gasteiger partial charge < -0.3 is 10.2 Å². The van der Waals surface area contributed by atoms with E-state index in [1.54, 1.807) is 37.6 Å². The normalized spacial score (nSPS) is 13.2. The van der Waals surface area contributed by atoms with Crippen LogP contribution in [0.25, 0.3) is 11.1 Å². The fourth-order valence-corrected chi connectivity index (χ4v) is 3.91. The molecule has 3 aromatic rings. The first-order valence-electron chi connectivity index (χ1n) is 9.78. The van der Waals surface area contributed by atoms with Gasteiger partial charge in [0, 0.05) is 55.4 Å². The number of nitrogens with one attached hydrogen (secondary N) is 1. The van der Waals surface area contributed by atoms with Crippen molar-refractivity contribution in [2.45, 2.75) is 26.3 Å². The fourth-order valence-electron chi connectivity index (χ4n) is 3.70. The number of carbonyl (C=O) groups is 2. The van der Waals surface area contributed by atoms with Crippen molar-refractivity contribution in [3.8, 4) is 11.1 Å². The van der Waals surface area contributed by atoms with Gasteiger partial charge in [-0.25, -0.2) is 9.37 Å². The molecule has 3 heterocycles. The van der Waals surface area contributed by atoms with Gasteiger partial charge in [0.25, 0.3) is 5.91 Å². The number of anilines is 1. The van der Waals surface area contributed by atoms with Gasteiger partial charge in [-0.15, -0.1) is 0 Å². The summed E-state index contributed by atoms with van der Waals surface area (Å²) in [5, 5.41) is 3.05. The quantitative estimate of drug-likeness (QED) is 0.666. The average molecular weight is 439 g/mol. The van der Waals surface area contributed by atoms with E-state index >= 15 is 0 Å². The molecule has 2 aromatic heterocycles. The van der Waals surface area contributed by atoms with Crippen LogP contribution in [0.3, 0.4) is 0 Å². The Hall–Kier alpha value is -3.32. The lowest BCUT2D eigenvalue weighted by atomic mass is 9.93. The molecule has 158 valence electrons. The number of amides is 2. The molecule has 8 heteroatoms. The molecule has 1 N–H and O–H groups in total. The second-order valence-electron chi connectivity index (χ2n) is 7.40. The molecule has 4 rings (SSSR count). The van der Waals surface area contributed by atoms with E-state index in [1.807, 2.05) is 6.92 Å². The van der Waals surface area contributed by atoms with Crippen molar-refractivity contribution in [3.05, 3.63) is 76.1 Å². The third-order valence-electron chi connectivity index (χ3n) is 5.53. The third-order valence-corrected chi connectivity index (χ3v) is 5.84. The predicted octanol–water partition coefficient (Wildman–Crippen LogP) is 4.08. The Morgan fingerprint density at radius 3 is 2.84 bits per heavy atom. The Labute approximate surface area is 184 Å². The van der Waals surface area contributed by atoms with Crippen molar-refractivity contribution >= 4 is 29.1 Å². The first kappa shape index (κ1) is 20.9. The second kappa shape index (κ2) is 8.43. The lowest BCUT2D eigenvalue weighted by Gasteiger charge is -2.26. The molecule has 2 amide bonds. The van der Waals surface area contributed by atoms with E-state index < -0.39 is 11.7 Å². The summed E-state index contributed by atoms with van der Waals surface area (Å²) in [5.74, 6) is -0.849. The van der Waals surface area contributed by atoms with Crippen molar-refractivity contribution in [1.82, 2.24) is 15.3 Å². The summed E-state index contributed by atoms with van der Waals surface area (Å²) < 4.78 is 15.0. The van der Waals surface area contributed by atoms with Gasteiger partial charge in [0.05, 0.1) is 5.02 Å². The lowest BCUT2D eigenvalue weighted by molar-refractivity contribution is -0.118. The molecule has 6 nitrogen and oxygen atoms in total. The van der Waals surface area contributed by atoms with Gasteiger partial charge in [0.1, 0.15) is 11.5 Å². The van der Waals surface area contributed by atoms with Crippen molar-refractivity contribution in [1.29, 1.82) is 0 Å². The topological polar surface area (TPSA) is 75.2 Å². The molecule has 0 radical (unpaired) electrons. The number of aryl methyl sites for hydroxylation is 1. The Morgan fingerprint density at radius 1 is 1.26 bits per heavy atom. The summed E-state index contributed by atoms with van der Waals surface area (Å²) in [6, 6.07) is 6.44. The Kier molecular flexibility index (Phi) is 5.69. The molecule has 0 fully saturated rings. The van der Waals surface area contributed by atoms with Crippen molar-refractivity contribution in [3.63, 3.8) is 0 Å². The summed E-state index contributed by atoms with van der Waals surface area (Å²) in [6.07, 6.45) is 5.71. The number of benzene rings is 1. The van der Waals surface area contributed by atoms with Crippen LogP contribution in [0.1, 0.15) is 33.6 Å². The van der Waals surface area contributed by atoms with Crippen LogP contribution >= 0.6 is 11.6 Å². The van der Waals surface area contributed by atoms with Crippen LogP contribution in [-0.4, -0.2) is 28.8 Å². The van der Waals surface area contributed by atoms with Crippen molar-refractivity contribution in [2.24, 2.45) is 0 Å². The van der Waals surface area contributed by atoms with Crippen LogP contribution in [0, 0.1) is 12.7 Å². The molecule has 31 heavy (non-hydrogen) atoms. The van der Waals surface area contributed by atoms with Gasteiger partial charge in [-0.1, -0.05) is 11.6 Å². The summed E-state index contributed by atoms with van der Waals surface area (Å²) in [6.45, 7) is 2.06. The first-order valence-corrected chi connectivity index (χ1v) is 10.2. The minimum absolute atomic E-state index is 0.0248. The molecule has 1 aliphatic rings. The Bertz CT molecular complexity index is 1200. The van der Waals surface area contributed by atoms with Gasteiger partial charge in [-0.3, -0.25) is 14.6 Å². The fraction of sp³-hybridized carbons (Fsp3) is 0.217. The lowest BCUT2D eigenvalue weighted by Crippen LogP contribution is -2.31. The molecule has 0 atom stereocenters. The number of aromatic nitrogens is 2. The number of pyridine rings is 2. The zero-order valence-electron chi connectivity index (χ0n) is 17.1. The Balaban J connectivity index is 1.62. The monoisotopic (exact) mass is 438 g/mol. The average Bonchev–Trinajstić information content (AvgIpc) is 2.76. The number of halogens is 2. The van der Waals surface area contributed by atoms with Crippen LogP contribution in [0.2, 0.25) is 5.02 Å². The smallest absolute Gasteiger partial charge is 0.271 e. The van der Waals surface area contributed by atoms with Crippen LogP contribution in [0.5, 0.6) is 0 Å². The number of nitrogens with zero attached hydrogens (tertiary/aromatic N) is 3. The maximum atomic E-state index is 15.0. The highest BCUT2D eigenvalue weighted by Crippen LogP contribution is 2.35. The van der Waals surface area contributed by atoms with E-state index in [9.17, 15) is 14.0 Å². The standard InChI is InChI=1S/C23H20ClFN4O2/c1-13-15(11-28-23(31)22-18(24)4-3-7-27-22)10-26-12-17(13)16-8-14-5-6-21(30)29(2)20(14)9-19(16)25/h3-4,7-10,12H,5-6,11H2,1-2H3,(H,28,31). The molecule has 0 saturated carbocycles. The second-order valence-corrected chi connectivity index (χ2v) is 7.81. The molecule has 0 bridgehead atoms. The molecule has 0 unspecified atom stereocenters. The van der Waals surface area contributed by atoms with Gasteiger partial charge in [0.2, 0.25) is 5.91 Å². The molecular weight excluding hydrogens is 419 g/mol. The highest BCUT2D eigenvalue weighted by atomic mass is 35.5. The van der Waals surface area contributed by atoms with Crippen molar-refractivity contribution < 1.29 is 14.0 Å². The minimum atomic E-state index is -0.424. The first-order chi connectivity index (χ1) is 14.9. The number of hydrogen-bond donors (Lipinski definition) is 1. The zero-order valence-corrected chi connectivity index (χ0v) is 17.8. The van der Waals surface area contributed by atoms with Crippen LogP contribution in [-0.2, 0) is 17.8 Å². The maximum Gasteiger partial charge on any atom is 0.271 e. The number of hydrogen-bond acceptors (Lipinski definition) is 4. The number of carbonyl (C=O) groups excluding carboxylic acids is 2. The van der Waals surface area contributed by atoms with E-state index in [0.717, 1.165) is 16.7 Å². The molecule has 0 spiro atoms. The largest absolute Gasteiger partial charge is 0.347 e. The van der Waals surface area contributed by atoms with Gasteiger partial charge in [-0.2, -0.15) is 0 Å². The number of rotatable bonds is 4. The molecule has 1 aliphatic heterocycles. The maximum absolute atomic E-state index is 15.0. The van der Waals surface area contributed by atoms with Gasteiger partial charge >= 0.3 is 0 Å². The van der Waals surface area contributed by atoms with E-state index in [-0.39, 0.29) is 23.2 Å². The van der Waals surface area contributed by atoms with Crippen LogP contribution < -0.4 is 10.2 Å². The minimum Gasteiger partial charge on any atom is -0.347 e.